The fraction of sp³-hybridized carbons (Fsp3) is 0.545. The minimum Gasteiger partial charge on any atom is -0.846 e. The van der Waals surface area contributed by atoms with Gasteiger partial charge in [-0.25, -0.2) is 4.99 Å². The number of hydrogen-bond acceptors (Lipinski definition) is 3. The van der Waals surface area contributed by atoms with Crippen LogP contribution in [0.15, 0.2) is 17.1 Å². The molecule has 17 heavy (non-hydrogen) atoms. The van der Waals surface area contributed by atoms with Crippen molar-refractivity contribution in [3.8, 4) is 0 Å². The molecule has 0 aromatic heterocycles. The Morgan fingerprint density at radius 3 is 2.47 bits per heavy atom. The number of carbonyl (C=O) groups excluding carboxylic acids is 2. The van der Waals surface area contributed by atoms with Crippen molar-refractivity contribution in [3.63, 3.8) is 0 Å². The van der Waals surface area contributed by atoms with Gasteiger partial charge in [-0.15, -0.1) is 0 Å². The summed E-state index contributed by atoms with van der Waals surface area (Å²) in [5.41, 5.74) is -1.24. The first-order chi connectivity index (χ1) is 7.45. The molecule has 2 amide bonds. The second kappa shape index (κ2) is 6.33. The van der Waals surface area contributed by atoms with Gasteiger partial charge in [0.15, 0.2) is 0 Å². The Bertz CT molecular complexity index is 377. The summed E-state index contributed by atoms with van der Waals surface area (Å²) in [5.74, 6) is -1.41. The van der Waals surface area contributed by atoms with Crippen molar-refractivity contribution in [1.29, 1.82) is 0 Å². The summed E-state index contributed by atoms with van der Waals surface area (Å²) in [7, 11) is 0. The van der Waals surface area contributed by atoms with Crippen molar-refractivity contribution in [2.24, 2.45) is 16.3 Å². The Kier molecular flexibility index (Phi) is 6.09. The monoisotopic (exact) mass is 246 g/mol. The maximum Gasteiger partial charge on any atom is 1.00 e. The number of hydrogen-bond donors (Lipinski definition) is 1. The number of amidine groups is 1. The number of nitrogens with one attached hydrogen (secondary N) is 1. The van der Waals surface area contributed by atoms with E-state index >= 15 is 0 Å². The minimum absolute atomic E-state index is 0. The van der Waals surface area contributed by atoms with Gasteiger partial charge in [0.05, 0.1) is 6.02 Å². The van der Waals surface area contributed by atoms with Crippen LogP contribution >= 0.6 is 0 Å². The van der Waals surface area contributed by atoms with Gasteiger partial charge < -0.3 is 10.4 Å². The molecule has 1 aliphatic rings. The van der Waals surface area contributed by atoms with E-state index in [-0.39, 0.29) is 41.9 Å². The van der Waals surface area contributed by atoms with Crippen molar-refractivity contribution in [2.75, 3.05) is 0 Å². The minimum atomic E-state index is -1.24. The van der Waals surface area contributed by atoms with Crippen molar-refractivity contribution in [3.05, 3.63) is 12.2 Å². The molecule has 1 unspecified atom stereocenters. The zero-order valence-corrected chi connectivity index (χ0v) is 12.6. The van der Waals surface area contributed by atoms with E-state index in [0.29, 0.717) is 0 Å². The second-order valence-electron chi connectivity index (χ2n) is 4.08. The smallest absolute Gasteiger partial charge is 0.846 e. The van der Waals surface area contributed by atoms with Gasteiger partial charge in [-0.1, -0.05) is 26.0 Å². The molecule has 1 aliphatic heterocycles. The molecule has 0 saturated heterocycles. The number of carbonyl (C=O) groups is 2. The third-order valence-electron chi connectivity index (χ3n) is 2.87. The predicted molar refractivity (Wildman–Crippen MR) is 57.3 cm³/mol. The van der Waals surface area contributed by atoms with Crippen molar-refractivity contribution < 1.29 is 44.3 Å². The number of nitrogens with zero attached hydrogens (tertiary/aromatic N) is 1. The van der Waals surface area contributed by atoms with Crippen LogP contribution in [0.4, 0.5) is 0 Å². The number of allylic oxidation sites excluding steroid dienone is 2. The molecule has 1 N–H and O–H groups in total. The molecule has 0 aromatic rings. The Balaban J connectivity index is 0.00000256. The standard InChI is InChI=1S/C11H16N2O3.Na/c1-4-5-6-11(7(2)3)8(14)12-10(16)13-9(11)15;/h4-5,7H,6H2,1-3H3,(H2,12,13,14,15,16);/q;+1/p-1/b5-4+;. The third-order valence-corrected chi connectivity index (χ3v) is 2.87. The molecule has 0 aromatic carbocycles. The molecule has 0 aliphatic carbocycles. The van der Waals surface area contributed by atoms with Crippen molar-refractivity contribution >= 4 is 17.8 Å². The normalized spacial score (nSPS) is 24.6. The summed E-state index contributed by atoms with van der Waals surface area (Å²) < 4.78 is 0. The van der Waals surface area contributed by atoms with E-state index < -0.39 is 23.3 Å². The largest absolute Gasteiger partial charge is 1.00 e. The fourth-order valence-electron chi connectivity index (χ4n) is 1.75. The molecule has 1 atom stereocenters. The van der Waals surface area contributed by atoms with Gasteiger partial charge in [0.1, 0.15) is 5.41 Å². The maximum atomic E-state index is 11.8. The van der Waals surface area contributed by atoms with Crippen LogP contribution in [0.2, 0.25) is 0 Å². The average molecular weight is 246 g/mol. The first-order valence-corrected chi connectivity index (χ1v) is 5.18. The molecule has 0 fully saturated rings. The van der Waals surface area contributed by atoms with Gasteiger partial charge in [-0.2, -0.15) is 0 Å². The first kappa shape index (κ1) is 16.4. The molecular weight excluding hydrogens is 231 g/mol. The van der Waals surface area contributed by atoms with Crippen molar-refractivity contribution in [1.82, 2.24) is 5.32 Å². The number of aliphatic imine (C=N–C) groups is 1. The van der Waals surface area contributed by atoms with Gasteiger partial charge in [0, 0.05) is 0 Å². The molecule has 0 spiro atoms. The molecule has 1 rings (SSSR count). The Labute approximate surface area is 123 Å². The molecule has 88 valence electrons. The number of amides is 2. The van der Waals surface area contributed by atoms with Gasteiger partial charge in [-0.3, -0.25) is 9.59 Å². The molecule has 0 bridgehead atoms. The van der Waals surface area contributed by atoms with Crippen LogP contribution in [0.5, 0.6) is 0 Å². The maximum absolute atomic E-state index is 11.8. The molecule has 5 nitrogen and oxygen atoms in total. The molecule has 6 heteroatoms. The Morgan fingerprint density at radius 2 is 2.06 bits per heavy atom. The van der Waals surface area contributed by atoms with E-state index in [0.717, 1.165) is 0 Å². The van der Waals surface area contributed by atoms with E-state index in [2.05, 4.69) is 10.3 Å². The first-order valence-electron chi connectivity index (χ1n) is 5.18. The summed E-state index contributed by atoms with van der Waals surface area (Å²) in [4.78, 5) is 27.0. The summed E-state index contributed by atoms with van der Waals surface area (Å²) in [6, 6.07) is -0.869. The van der Waals surface area contributed by atoms with Crippen LogP contribution in [0.3, 0.4) is 0 Å². The SMILES string of the molecule is C/C=C/CC1(C(C)C)C(=O)N=C([O-])NC1=O.[Na+]. The Morgan fingerprint density at radius 1 is 1.47 bits per heavy atom. The van der Waals surface area contributed by atoms with Crippen LogP contribution in [0, 0.1) is 11.3 Å². The zero-order valence-electron chi connectivity index (χ0n) is 10.6. The summed E-state index contributed by atoms with van der Waals surface area (Å²) >= 11 is 0. The predicted octanol–water partition coefficient (Wildman–Crippen LogP) is -3.03. The van der Waals surface area contributed by atoms with Crippen LogP contribution in [-0.4, -0.2) is 17.8 Å². The molecular formula is C11H15N2NaO3. The van der Waals surface area contributed by atoms with E-state index in [9.17, 15) is 14.7 Å². The summed E-state index contributed by atoms with van der Waals surface area (Å²) in [6.07, 6.45) is 3.77. The molecule has 0 saturated carbocycles. The van der Waals surface area contributed by atoms with Gasteiger partial charge >= 0.3 is 29.6 Å². The van der Waals surface area contributed by atoms with Crippen LogP contribution in [0.25, 0.3) is 0 Å². The summed E-state index contributed by atoms with van der Waals surface area (Å²) in [5, 5.41) is 13.0. The fourth-order valence-corrected chi connectivity index (χ4v) is 1.75. The third kappa shape index (κ3) is 2.97. The van der Waals surface area contributed by atoms with E-state index in [1.54, 1.807) is 26.0 Å². The summed E-state index contributed by atoms with van der Waals surface area (Å²) in [6.45, 7) is 5.35. The van der Waals surface area contributed by atoms with Crippen LogP contribution in [0.1, 0.15) is 27.2 Å². The quantitative estimate of drug-likeness (QED) is 0.327. The van der Waals surface area contributed by atoms with Gasteiger partial charge in [0.25, 0.3) is 5.91 Å². The van der Waals surface area contributed by atoms with Crippen LogP contribution in [-0.2, 0) is 9.59 Å². The number of rotatable bonds is 3. The van der Waals surface area contributed by atoms with Gasteiger partial charge in [-0.05, 0) is 19.3 Å². The van der Waals surface area contributed by atoms with Gasteiger partial charge in [0.2, 0.25) is 5.91 Å². The topological polar surface area (TPSA) is 81.6 Å². The second-order valence-corrected chi connectivity index (χ2v) is 4.08. The zero-order chi connectivity index (χ0) is 12.3. The molecule has 0 radical (unpaired) electrons. The molecule has 1 heterocycles. The van der Waals surface area contributed by atoms with Crippen molar-refractivity contribution in [2.45, 2.75) is 27.2 Å². The Hall–Kier alpha value is -0.650. The average Bonchev–Trinajstić information content (AvgIpc) is 2.16. The van der Waals surface area contributed by atoms with E-state index in [1.807, 2.05) is 6.92 Å². The van der Waals surface area contributed by atoms with E-state index in [4.69, 9.17) is 0 Å². The van der Waals surface area contributed by atoms with Crippen LogP contribution < -0.4 is 40.0 Å². The van der Waals surface area contributed by atoms with E-state index in [1.165, 1.54) is 0 Å².